The van der Waals surface area contributed by atoms with Gasteiger partial charge in [0.05, 0.1) is 17.4 Å². The second-order valence-electron chi connectivity index (χ2n) is 6.37. The maximum absolute atomic E-state index is 4.64. The summed E-state index contributed by atoms with van der Waals surface area (Å²) in [6.45, 7) is 4.89. The van der Waals surface area contributed by atoms with E-state index in [1.807, 2.05) is 0 Å². The van der Waals surface area contributed by atoms with E-state index in [2.05, 4.69) is 51.3 Å². The first-order valence-electron chi connectivity index (χ1n) is 8.24. The summed E-state index contributed by atoms with van der Waals surface area (Å²) < 4.78 is 0. The molecule has 3 heteroatoms. The van der Waals surface area contributed by atoms with Gasteiger partial charge in [-0.15, -0.1) is 0 Å². The van der Waals surface area contributed by atoms with E-state index in [0.29, 0.717) is 0 Å². The molecule has 2 fully saturated rings. The first-order valence-corrected chi connectivity index (χ1v) is 8.24. The minimum absolute atomic E-state index is 0.743. The number of pyridine rings is 1. The molecule has 0 amide bonds. The summed E-state index contributed by atoms with van der Waals surface area (Å²) in [6.07, 6.45) is 7.46. The molecule has 0 bridgehead atoms. The summed E-state index contributed by atoms with van der Waals surface area (Å²) in [7, 11) is 0. The molecule has 1 atom stereocenters. The Balaban J connectivity index is 1.61. The number of benzene rings is 1. The highest BCUT2D eigenvalue weighted by atomic mass is 15.2. The number of hydrogen-bond donors (Lipinski definition) is 0. The molecule has 3 nitrogen and oxygen atoms in total. The summed E-state index contributed by atoms with van der Waals surface area (Å²) in [5.41, 5.74) is 2.39. The van der Waals surface area contributed by atoms with Crippen LogP contribution in [0.15, 0.2) is 36.5 Å². The lowest BCUT2D eigenvalue weighted by Crippen LogP contribution is -2.44. The lowest BCUT2D eigenvalue weighted by atomic mass is 10.0. The number of aromatic nitrogens is 1. The Labute approximate surface area is 126 Å². The van der Waals surface area contributed by atoms with Crippen molar-refractivity contribution in [3.05, 3.63) is 36.5 Å². The van der Waals surface area contributed by atoms with Gasteiger partial charge in [0.25, 0.3) is 0 Å². The van der Waals surface area contributed by atoms with Gasteiger partial charge in [-0.05, 0) is 37.9 Å². The van der Waals surface area contributed by atoms with E-state index in [1.165, 1.54) is 56.4 Å². The maximum atomic E-state index is 4.64. The Morgan fingerprint density at radius 3 is 2.90 bits per heavy atom. The molecule has 2 aliphatic rings. The Morgan fingerprint density at radius 2 is 1.90 bits per heavy atom. The summed E-state index contributed by atoms with van der Waals surface area (Å²) in [5, 5.41) is 1.25. The van der Waals surface area contributed by atoms with Gasteiger partial charge in [-0.25, -0.2) is 0 Å². The quantitative estimate of drug-likeness (QED) is 0.799. The van der Waals surface area contributed by atoms with Crippen molar-refractivity contribution in [1.82, 2.24) is 9.88 Å². The molecule has 0 N–H and O–H groups in total. The molecule has 1 unspecified atom stereocenters. The number of fused-ring (bicyclic) bond motifs is 2. The topological polar surface area (TPSA) is 19.4 Å². The van der Waals surface area contributed by atoms with Crippen LogP contribution in [0.2, 0.25) is 0 Å². The molecule has 0 saturated carbocycles. The molecule has 2 aliphatic heterocycles. The highest BCUT2D eigenvalue weighted by Crippen LogP contribution is 2.26. The van der Waals surface area contributed by atoms with Crippen LogP contribution in [0.1, 0.15) is 25.7 Å². The van der Waals surface area contributed by atoms with Crippen molar-refractivity contribution in [1.29, 1.82) is 0 Å². The predicted molar refractivity (Wildman–Crippen MR) is 87.8 cm³/mol. The monoisotopic (exact) mass is 281 g/mol. The van der Waals surface area contributed by atoms with Crippen LogP contribution in [0.3, 0.4) is 0 Å². The molecule has 2 aromatic rings. The number of nitrogens with zero attached hydrogens (tertiary/aromatic N) is 3. The van der Waals surface area contributed by atoms with Gasteiger partial charge in [0.1, 0.15) is 0 Å². The van der Waals surface area contributed by atoms with Gasteiger partial charge >= 0.3 is 0 Å². The van der Waals surface area contributed by atoms with Crippen LogP contribution in [-0.4, -0.2) is 42.1 Å². The van der Waals surface area contributed by atoms with E-state index < -0.39 is 0 Å². The lowest BCUT2D eigenvalue weighted by Gasteiger charge is -2.35. The van der Waals surface area contributed by atoms with Crippen molar-refractivity contribution in [3.8, 4) is 0 Å². The first-order chi connectivity index (χ1) is 10.4. The minimum atomic E-state index is 0.743. The van der Waals surface area contributed by atoms with Crippen molar-refractivity contribution in [3.63, 3.8) is 0 Å². The largest absolute Gasteiger partial charge is 0.369 e. The first kappa shape index (κ1) is 13.1. The molecule has 21 heavy (non-hydrogen) atoms. The number of piperidine rings is 1. The highest BCUT2D eigenvalue weighted by molar-refractivity contribution is 5.81. The van der Waals surface area contributed by atoms with E-state index in [9.17, 15) is 0 Å². The number of hydrogen-bond acceptors (Lipinski definition) is 3. The number of anilines is 1. The predicted octanol–water partition coefficient (Wildman–Crippen LogP) is 3.30. The second-order valence-corrected chi connectivity index (χ2v) is 6.37. The Kier molecular flexibility index (Phi) is 3.52. The van der Waals surface area contributed by atoms with Crippen LogP contribution in [0.5, 0.6) is 0 Å². The van der Waals surface area contributed by atoms with Gasteiger partial charge in [-0.3, -0.25) is 9.88 Å². The molecule has 4 rings (SSSR count). The summed E-state index contributed by atoms with van der Waals surface area (Å²) in [4.78, 5) is 9.89. The third-order valence-electron chi connectivity index (χ3n) is 4.99. The van der Waals surface area contributed by atoms with Crippen molar-refractivity contribution in [2.45, 2.75) is 31.7 Å². The van der Waals surface area contributed by atoms with Crippen LogP contribution >= 0.6 is 0 Å². The van der Waals surface area contributed by atoms with Crippen molar-refractivity contribution < 1.29 is 0 Å². The second kappa shape index (κ2) is 5.64. The van der Waals surface area contributed by atoms with E-state index >= 15 is 0 Å². The maximum Gasteiger partial charge on any atom is 0.0703 e. The van der Waals surface area contributed by atoms with E-state index in [4.69, 9.17) is 0 Å². The van der Waals surface area contributed by atoms with Crippen LogP contribution < -0.4 is 4.90 Å². The van der Waals surface area contributed by atoms with E-state index in [-0.39, 0.29) is 0 Å². The molecule has 0 spiro atoms. The summed E-state index contributed by atoms with van der Waals surface area (Å²) >= 11 is 0. The lowest BCUT2D eigenvalue weighted by molar-refractivity contribution is 0.162. The SMILES string of the molecule is c1ccc2ncc(N3CCCN4CCCCC4C3)cc2c1. The smallest absolute Gasteiger partial charge is 0.0703 e. The van der Waals surface area contributed by atoms with E-state index in [1.54, 1.807) is 0 Å². The molecule has 2 saturated heterocycles. The van der Waals surface area contributed by atoms with Gasteiger partial charge in [0.15, 0.2) is 0 Å². The molecular weight excluding hydrogens is 258 g/mol. The Bertz CT molecular complexity index is 625. The zero-order valence-corrected chi connectivity index (χ0v) is 12.5. The van der Waals surface area contributed by atoms with Gasteiger partial charge in [-0.2, -0.15) is 0 Å². The zero-order valence-electron chi connectivity index (χ0n) is 12.5. The molecule has 1 aromatic heterocycles. The average molecular weight is 281 g/mol. The van der Waals surface area contributed by atoms with Crippen LogP contribution in [0, 0.1) is 0 Å². The fraction of sp³-hybridized carbons (Fsp3) is 0.500. The van der Waals surface area contributed by atoms with Crippen molar-refractivity contribution in [2.75, 3.05) is 31.1 Å². The van der Waals surface area contributed by atoms with Crippen molar-refractivity contribution >= 4 is 16.6 Å². The van der Waals surface area contributed by atoms with E-state index in [0.717, 1.165) is 18.1 Å². The summed E-state index contributed by atoms with van der Waals surface area (Å²) in [6, 6.07) is 11.5. The Morgan fingerprint density at radius 1 is 1.00 bits per heavy atom. The zero-order chi connectivity index (χ0) is 14.1. The summed E-state index contributed by atoms with van der Waals surface area (Å²) in [5.74, 6) is 0. The normalized spacial score (nSPS) is 23.8. The third-order valence-corrected chi connectivity index (χ3v) is 4.99. The van der Waals surface area contributed by atoms with Crippen LogP contribution in [-0.2, 0) is 0 Å². The van der Waals surface area contributed by atoms with Crippen LogP contribution in [0.25, 0.3) is 10.9 Å². The van der Waals surface area contributed by atoms with Gasteiger partial charge in [-0.1, -0.05) is 24.6 Å². The fourth-order valence-corrected chi connectivity index (χ4v) is 3.84. The van der Waals surface area contributed by atoms with Gasteiger partial charge < -0.3 is 4.90 Å². The number of para-hydroxylation sites is 1. The molecular formula is C18H23N3. The third kappa shape index (κ3) is 2.62. The fourth-order valence-electron chi connectivity index (χ4n) is 3.84. The van der Waals surface area contributed by atoms with Gasteiger partial charge in [0.2, 0.25) is 0 Å². The van der Waals surface area contributed by atoms with Crippen molar-refractivity contribution in [2.24, 2.45) is 0 Å². The molecule has 0 aliphatic carbocycles. The Hall–Kier alpha value is -1.61. The minimum Gasteiger partial charge on any atom is -0.369 e. The van der Waals surface area contributed by atoms with Crippen LogP contribution in [0.4, 0.5) is 5.69 Å². The molecule has 110 valence electrons. The number of rotatable bonds is 1. The van der Waals surface area contributed by atoms with Gasteiger partial charge in [0, 0.05) is 31.1 Å². The standard InChI is InChI=1S/C18H23N3/c1-2-8-18-15(6-1)12-17(13-19-18)21-11-5-10-20-9-4-3-7-16(20)14-21/h1-2,6,8,12-13,16H,3-5,7,9-11,14H2. The average Bonchev–Trinajstić information content (AvgIpc) is 2.76. The molecule has 1 aromatic carbocycles. The molecule has 3 heterocycles. The highest BCUT2D eigenvalue weighted by Gasteiger charge is 2.27. The molecule has 0 radical (unpaired) electrons.